The number of amides is 2. The largest absolute Gasteiger partial charge is 0.514 e. The molecule has 0 bridgehead atoms. The summed E-state index contributed by atoms with van der Waals surface area (Å²) < 4.78 is 58.9. The Labute approximate surface area is 465 Å². The van der Waals surface area contributed by atoms with Crippen LogP contribution in [0.4, 0.5) is 14.4 Å². The number of benzene rings is 5. The number of hydrogen-bond acceptors (Lipinski definition) is 19. The molecule has 2 atom stereocenters. The van der Waals surface area contributed by atoms with Crippen molar-refractivity contribution in [2.45, 2.75) is 117 Å². The van der Waals surface area contributed by atoms with E-state index in [0.717, 1.165) is 11.1 Å². The molecule has 0 saturated carbocycles. The van der Waals surface area contributed by atoms with Crippen LogP contribution in [-0.2, 0) is 59.3 Å². The molecule has 0 aliphatic heterocycles. The van der Waals surface area contributed by atoms with E-state index in [4.69, 9.17) is 56.9 Å². The molecule has 1 heterocycles. The standard InChI is InChI=1S/C30H34N4O8.C28H37NO9/c1-30(2,3)42-29(36)31-25(28(35)39-18-21-12-15-23(37-4)17-27(21)38-5)16-20-10-13-22(14-11-20)40-19-41-34-26-9-7-6-8-24(26)32-33-34;1-27(2,3)37-25(31)29-22(24(30)35-17-19-11-14-21(33-7)16-23(19)34-8)15-18-9-12-20(13-10-18)36-26(32)38-28(4,5)6/h6-15,17,25H,16,18-19H2,1-5H3,(H,31,36);9-14,16,22H,15,17H2,1-8H3,(H,29,31)/t25-;22-/m11/s1. The molecule has 0 radical (unpaired) electrons. The van der Waals surface area contributed by atoms with E-state index in [1.165, 1.54) is 26.2 Å². The maximum Gasteiger partial charge on any atom is 0.514 e. The summed E-state index contributed by atoms with van der Waals surface area (Å²) in [5.41, 5.74) is 1.95. The Balaban J connectivity index is 0.000000296. The molecular formula is C58H71N5O17. The van der Waals surface area contributed by atoms with Crippen molar-refractivity contribution in [2.24, 2.45) is 0 Å². The summed E-state index contributed by atoms with van der Waals surface area (Å²) in [6, 6.07) is 29.2. The van der Waals surface area contributed by atoms with E-state index in [1.54, 1.807) is 154 Å². The zero-order chi connectivity index (χ0) is 58.6. The maximum absolute atomic E-state index is 13.1. The number of rotatable bonds is 21. The van der Waals surface area contributed by atoms with Gasteiger partial charge in [-0.15, -0.1) is 5.10 Å². The van der Waals surface area contributed by atoms with Crippen LogP contribution in [0, 0.1) is 0 Å². The Morgan fingerprint density at radius 1 is 0.525 bits per heavy atom. The van der Waals surface area contributed by atoms with Gasteiger partial charge in [0.15, 0.2) is 0 Å². The molecule has 6 aromatic rings. The smallest absolute Gasteiger partial charge is 0.497 e. The van der Waals surface area contributed by atoms with Crippen LogP contribution in [0.15, 0.2) is 109 Å². The fraction of sp³-hybridized carbons (Fsp3) is 0.397. The summed E-state index contributed by atoms with van der Waals surface area (Å²) in [4.78, 5) is 69.9. The van der Waals surface area contributed by atoms with Crippen LogP contribution >= 0.6 is 0 Å². The van der Waals surface area contributed by atoms with Gasteiger partial charge in [0.2, 0.25) is 0 Å². The number of carbonyl (C=O) groups is 5. The van der Waals surface area contributed by atoms with Gasteiger partial charge >= 0.3 is 30.3 Å². The van der Waals surface area contributed by atoms with Crippen molar-refractivity contribution in [1.29, 1.82) is 0 Å². The zero-order valence-corrected chi connectivity index (χ0v) is 47.4. The lowest BCUT2D eigenvalue weighted by Crippen LogP contribution is -2.45. The minimum Gasteiger partial charge on any atom is -0.497 e. The van der Waals surface area contributed by atoms with Gasteiger partial charge in [0.1, 0.15) is 87.6 Å². The SMILES string of the molecule is COc1ccc(COC(=O)[C@@H](Cc2ccc(OC(=O)OC(C)(C)C)cc2)NC(=O)OC(C)(C)C)c(OC)c1.COc1ccc(COC(=O)[C@@H](Cc2ccc(OCOn3nnc4ccccc43)cc2)NC(=O)OC(C)(C)C)c(OC)c1. The number of aromatic nitrogens is 3. The van der Waals surface area contributed by atoms with E-state index >= 15 is 0 Å². The van der Waals surface area contributed by atoms with Crippen molar-refractivity contribution in [3.63, 3.8) is 0 Å². The molecule has 80 heavy (non-hydrogen) atoms. The highest BCUT2D eigenvalue weighted by molar-refractivity contribution is 5.83. The third kappa shape index (κ3) is 20.8. The monoisotopic (exact) mass is 1110 g/mol. The third-order valence-electron chi connectivity index (χ3n) is 10.7. The van der Waals surface area contributed by atoms with Gasteiger partial charge in [-0.3, -0.25) is 0 Å². The van der Waals surface area contributed by atoms with Crippen molar-refractivity contribution >= 4 is 41.3 Å². The Morgan fingerprint density at radius 3 is 1.40 bits per heavy atom. The first-order valence-corrected chi connectivity index (χ1v) is 25.2. The average molecular weight is 1110 g/mol. The van der Waals surface area contributed by atoms with Crippen LogP contribution in [0.5, 0.6) is 34.5 Å². The molecule has 2 N–H and O–H groups in total. The highest BCUT2D eigenvalue weighted by Crippen LogP contribution is 2.27. The zero-order valence-electron chi connectivity index (χ0n) is 47.4. The van der Waals surface area contributed by atoms with Gasteiger partial charge in [-0.05, 0) is 139 Å². The van der Waals surface area contributed by atoms with Gasteiger partial charge in [-0.1, -0.05) is 41.2 Å². The number of nitrogens with zero attached hydrogens (tertiary/aromatic N) is 3. The Morgan fingerprint density at radius 2 is 0.963 bits per heavy atom. The molecule has 6 rings (SSSR count). The summed E-state index contributed by atoms with van der Waals surface area (Å²) in [7, 11) is 6.11. The van der Waals surface area contributed by atoms with Crippen LogP contribution in [0.2, 0.25) is 0 Å². The molecule has 2 amide bonds. The number of esters is 2. The first-order valence-electron chi connectivity index (χ1n) is 25.2. The number of carbonyl (C=O) groups excluding carboxylic acids is 5. The summed E-state index contributed by atoms with van der Waals surface area (Å²) in [5, 5.41) is 13.2. The molecule has 5 aromatic carbocycles. The Hall–Kier alpha value is -8.95. The molecule has 0 unspecified atom stereocenters. The van der Waals surface area contributed by atoms with Crippen molar-refractivity contribution in [1.82, 2.24) is 25.8 Å². The lowest BCUT2D eigenvalue weighted by molar-refractivity contribution is -0.148. The molecule has 22 nitrogen and oxygen atoms in total. The number of methoxy groups -OCH3 is 4. The van der Waals surface area contributed by atoms with Crippen LogP contribution in [0.25, 0.3) is 11.0 Å². The van der Waals surface area contributed by atoms with E-state index in [-0.39, 0.29) is 38.6 Å². The number of para-hydroxylation sites is 1. The fourth-order valence-corrected chi connectivity index (χ4v) is 7.07. The predicted molar refractivity (Wildman–Crippen MR) is 292 cm³/mol. The molecule has 22 heteroatoms. The van der Waals surface area contributed by atoms with E-state index in [2.05, 4.69) is 20.9 Å². The van der Waals surface area contributed by atoms with Gasteiger partial charge in [-0.25, -0.2) is 24.0 Å². The summed E-state index contributed by atoms with van der Waals surface area (Å²) in [6.45, 7) is 15.3. The molecule has 0 fully saturated rings. The van der Waals surface area contributed by atoms with Crippen LogP contribution < -0.4 is 43.9 Å². The molecular weight excluding hydrogens is 1040 g/mol. The van der Waals surface area contributed by atoms with Crippen LogP contribution in [0.3, 0.4) is 0 Å². The first kappa shape index (κ1) is 61.9. The molecule has 1 aromatic heterocycles. The van der Waals surface area contributed by atoms with Gasteiger partial charge < -0.3 is 67.6 Å². The molecule has 0 aliphatic carbocycles. The normalized spacial score (nSPS) is 12.0. The number of ether oxygens (including phenoxy) is 11. The van der Waals surface area contributed by atoms with Gasteiger partial charge in [-0.2, -0.15) is 0 Å². The molecule has 430 valence electrons. The van der Waals surface area contributed by atoms with E-state index in [0.29, 0.717) is 51.0 Å². The van der Waals surface area contributed by atoms with Crippen LogP contribution in [0.1, 0.15) is 84.6 Å². The van der Waals surface area contributed by atoms with E-state index < -0.39 is 59.2 Å². The van der Waals surface area contributed by atoms with Gasteiger partial charge in [0.05, 0.1) is 28.4 Å². The second kappa shape index (κ2) is 28.6. The lowest BCUT2D eigenvalue weighted by atomic mass is 10.1. The van der Waals surface area contributed by atoms with Crippen molar-refractivity contribution in [3.8, 4) is 34.5 Å². The number of hydrogen-bond donors (Lipinski definition) is 2. The number of alkyl carbamates (subject to hydrolysis) is 2. The van der Waals surface area contributed by atoms with Gasteiger partial charge in [0, 0.05) is 36.1 Å². The topological polar surface area (TPSA) is 251 Å². The molecule has 0 aliphatic rings. The van der Waals surface area contributed by atoms with Gasteiger partial charge in [0.25, 0.3) is 6.79 Å². The maximum atomic E-state index is 13.1. The van der Waals surface area contributed by atoms with E-state index in [9.17, 15) is 24.0 Å². The van der Waals surface area contributed by atoms with Crippen LogP contribution in [-0.4, -0.2) is 110 Å². The Kier molecular flexibility index (Phi) is 22.1. The highest BCUT2D eigenvalue weighted by Gasteiger charge is 2.29. The quantitative estimate of drug-likeness (QED) is 0.0295. The lowest BCUT2D eigenvalue weighted by Gasteiger charge is -2.23. The number of fused-ring (bicyclic) bond motifs is 1. The average Bonchev–Trinajstić information content (AvgIpc) is 3.81. The van der Waals surface area contributed by atoms with Crippen molar-refractivity contribution < 1.29 is 80.9 Å². The fourth-order valence-electron chi connectivity index (χ4n) is 7.07. The second-order valence-electron chi connectivity index (χ2n) is 20.6. The minimum atomic E-state index is -1.05. The summed E-state index contributed by atoms with van der Waals surface area (Å²) in [5.74, 6) is 1.72. The summed E-state index contributed by atoms with van der Waals surface area (Å²) >= 11 is 0. The molecule has 0 saturated heterocycles. The van der Waals surface area contributed by atoms with Crippen molar-refractivity contribution in [2.75, 3.05) is 35.2 Å². The minimum absolute atomic E-state index is 0.0632. The third-order valence-corrected chi connectivity index (χ3v) is 10.7. The van der Waals surface area contributed by atoms with Crippen molar-refractivity contribution in [3.05, 3.63) is 131 Å². The van der Waals surface area contributed by atoms with E-state index in [1.807, 2.05) is 24.3 Å². The Bertz CT molecular complexity index is 3000. The predicted octanol–water partition coefficient (Wildman–Crippen LogP) is 9.29. The highest BCUT2D eigenvalue weighted by atomic mass is 16.8. The first-order chi connectivity index (χ1) is 37.8. The summed E-state index contributed by atoms with van der Waals surface area (Å²) in [6.07, 6.45) is -2.06. The molecule has 0 spiro atoms. The second-order valence-corrected chi connectivity index (χ2v) is 20.6. The number of nitrogens with one attached hydrogen (secondary N) is 2.